The minimum absolute atomic E-state index is 0.0627. The maximum atomic E-state index is 8.80. The van der Waals surface area contributed by atoms with Gasteiger partial charge >= 0.3 is 0 Å². The lowest BCUT2D eigenvalue weighted by atomic mass is 10.2. The zero-order valence-electron chi connectivity index (χ0n) is 11.4. The number of ether oxygens (including phenoxy) is 1. The van der Waals surface area contributed by atoms with Crippen LogP contribution in [0.1, 0.15) is 18.9 Å². The Morgan fingerprint density at radius 3 is 2.53 bits per heavy atom. The molecule has 0 spiro atoms. The van der Waals surface area contributed by atoms with E-state index < -0.39 is 0 Å². The summed E-state index contributed by atoms with van der Waals surface area (Å²) < 4.78 is 5.64. The Balaban J connectivity index is 2.33. The molecule has 5 nitrogen and oxygen atoms in total. The molecule has 0 radical (unpaired) electrons. The predicted octanol–water partition coefficient (Wildman–Crippen LogP) is 1.05. The Bertz CT molecular complexity index is 379. The quantitative estimate of drug-likeness (QED) is 0.460. The first kappa shape index (κ1) is 15.5. The minimum atomic E-state index is 0.0627. The molecule has 0 aliphatic heterocycles. The fourth-order valence-corrected chi connectivity index (χ4v) is 1.75. The smallest absolute Gasteiger partial charge is 0.122 e. The van der Waals surface area contributed by atoms with E-state index in [-0.39, 0.29) is 12.4 Å². The lowest BCUT2D eigenvalue weighted by Crippen LogP contribution is -2.29. The second-order valence-electron chi connectivity index (χ2n) is 4.30. The van der Waals surface area contributed by atoms with Crippen molar-refractivity contribution in [2.75, 3.05) is 32.8 Å². The number of rotatable bonds is 9. The molecule has 0 saturated carbocycles. The van der Waals surface area contributed by atoms with Crippen molar-refractivity contribution < 1.29 is 9.84 Å². The monoisotopic (exact) mass is 265 g/mol. The molecule has 0 aliphatic carbocycles. The molecule has 106 valence electrons. The highest BCUT2D eigenvalue weighted by atomic mass is 16.5. The molecule has 0 amide bonds. The number of benzene rings is 1. The molecule has 0 saturated heterocycles. The summed E-state index contributed by atoms with van der Waals surface area (Å²) in [7, 11) is 0. The second kappa shape index (κ2) is 8.50. The van der Waals surface area contributed by atoms with Gasteiger partial charge in [0.05, 0.1) is 0 Å². The number of likely N-dealkylation sites (N-methyl/N-ethyl adjacent to an activating group) is 1. The maximum absolute atomic E-state index is 8.80. The Labute approximate surface area is 114 Å². The molecule has 1 aromatic rings. The van der Waals surface area contributed by atoms with Crippen LogP contribution in [-0.2, 0) is 0 Å². The van der Waals surface area contributed by atoms with Crippen LogP contribution in [0.3, 0.4) is 0 Å². The summed E-state index contributed by atoms with van der Waals surface area (Å²) in [6, 6.07) is 7.20. The van der Waals surface area contributed by atoms with E-state index in [1.165, 1.54) is 0 Å². The molecule has 19 heavy (non-hydrogen) atoms. The molecule has 0 fully saturated rings. The summed E-state index contributed by atoms with van der Waals surface area (Å²) in [5, 5.41) is 16.1. The SMILES string of the molecule is CCN(CCCO)CCOc1ccc(C(=N)N)cc1. The Kier molecular flexibility index (Phi) is 6.92. The summed E-state index contributed by atoms with van der Waals surface area (Å²) in [6.07, 6.45) is 0.793. The number of hydrogen-bond acceptors (Lipinski definition) is 4. The second-order valence-corrected chi connectivity index (χ2v) is 4.30. The van der Waals surface area contributed by atoms with Crippen molar-refractivity contribution in [2.24, 2.45) is 5.73 Å². The van der Waals surface area contributed by atoms with Crippen molar-refractivity contribution >= 4 is 5.84 Å². The van der Waals surface area contributed by atoms with Crippen LogP contribution in [0.25, 0.3) is 0 Å². The highest BCUT2D eigenvalue weighted by Gasteiger charge is 2.02. The van der Waals surface area contributed by atoms with E-state index in [4.69, 9.17) is 21.0 Å². The van der Waals surface area contributed by atoms with E-state index in [0.717, 1.165) is 31.8 Å². The predicted molar refractivity (Wildman–Crippen MR) is 76.8 cm³/mol. The molecule has 0 aliphatic rings. The fourth-order valence-electron chi connectivity index (χ4n) is 1.75. The van der Waals surface area contributed by atoms with Crippen LogP contribution >= 0.6 is 0 Å². The van der Waals surface area contributed by atoms with Crippen LogP contribution in [0.2, 0.25) is 0 Å². The summed E-state index contributed by atoms with van der Waals surface area (Å²) in [5.74, 6) is 0.843. The maximum Gasteiger partial charge on any atom is 0.122 e. The molecule has 0 aromatic heterocycles. The number of nitrogen functional groups attached to an aromatic ring is 1. The average Bonchev–Trinajstić information content (AvgIpc) is 2.43. The summed E-state index contributed by atoms with van der Waals surface area (Å²) in [4.78, 5) is 2.24. The first-order valence-corrected chi connectivity index (χ1v) is 6.57. The van der Waals surface area contributed by atoms with E-state index in [9.17, 15) is 0 Å². The van der Waals surface area contributed by atoms with Crippen LogP contribution in [-0.4, -0.2) is 48.7 Å². The van der Waals surface area contributed by atoms with Crippen molar-refractivity contribution in [1.29, 1.82) is 5.41 Å². The number of nitrogens with zero attached hydrogens (tertiary/aromatic N) is 1. The molecule has 1 rings (SSSR count). The molecule has 1 aromatic carbocycles. The van der Waals surface area contributed by atoms with Crippen molar-refractivity contribution in [3.05, 3.63) is 29.8 Å². The van der Waals surface area contributed by atoms with Crippen molar-refractivity contribution in [3.8, 4) is 5.75 Å². The number of amidine groups is 1. The molecule has 0 bridgehead atoms. The van der Waals surface area contributed by atoms with Gasteiger partial charge < -0.3 is 20.5 Å². The van der Waals surface area contributed by atoms with Crippen LogP contribution in [0, 0.1) is 5.41 Å². The summed E-state index contributed by atoms with van der Waals surface area (Å²) >= 11 is 0. The van der Waals surface area contributed by atoms with Crippen LogP contribution < -0.4 is 10.5 Å². The van der Waals surface area contributed by atoms with Gasteiger partial charge in [-0.05, 0) is 37.2 Å². The molecule has 4 N–H and O–H groups in total. The zero-order chi connectivity index (χ0) is 14.1. The zero-order valence-corrected chi connectivity index (χ0v) is 11.4. The van der Waals surface area contributed by atoms with E-state index in [0.29, 0.717) is 12.2 Å². The lowest BCUT2D eigenvalue weighted by molar-refractivity contribution is 0.195. The molecule has 0 heterocycles. The van der Waals surface area contributed by atoms with Gasteiger partial charge in [-0.15, -0.1) is 0 Å². The van der Waals surface area contributed by atoms with Gasteiger partial charge in [0.2, 0.25) is 0 Å². The van der Waals surface area contributed by atoms with Gasteiger partial charge in [0.15, 0.2) is 0 Å². The van der Waals surface area contributed by atoms with Gasteiger partial charge in [0.1, 0.15) is 18.2 Å². The molecule has 0 atom stereocenters. The number of aliphatic hydroxyl groups is 1. The third-order valence-corrected chi connectivity index (χ3v) is 2.92. The number of aliphatic hydroxyl groups excluding tert-OH is 1. The number of nitrogens with two attached hydrogens (primary N) is 1. The number of hydrogen-bond donors (Lipinski definition) is 3. The molecular weight excluding hydrogens is 242 g/mol. The van der Waals surface area contributed by atoms with Gasteiger partial charge in [-0.1, -0.05) is 6.92 Å². The van der Waals surface area contributed by atoms with E-state index in [1.54, 1.807) is 12.1 Å². The van der Waals surface area contributed by atoms with Gasteiger partial charge in [-0.25, -0.2) is 0 Å². The highest BCUT2D eigenvalue weighted by molar-refractivity contribution is 5.94. The van der Waals surface area contributed by atoms with E-state index >= 15 is 0 Å². The van der Waals surface area contributed by atoms with E-state index in [1.807, 2.05) is 12.1 Å². The van der Waals surface area contributed by atoms with Crippen LogP contribution in [0.15, 0.2) is 24.3 Å². The van der Waals surface area contributed by atoms with E-state index in [2.05, 4.69) is 11.8 Å². The third kappa shape index (κ3) is 5.72. The van der Waals surface area contributed by atoms with Gasteiger partial charge in [-0.3, -0.25) is 5.41 Å². The van der Waals surface area contributed by atoms with Gasteiger partial charge in [0.25, 0.3) is 0 Å². The Morgan fingerprint density at radius 2 is 2.00 bits per heavy atom. The van der Waals surface area contributed by atoms with Gasteiger partial charge in [-0.2, -0.15) is 0 Å². The largest absolute Gasteiger partial charge is 0.492 e. The molecular formula is C14H23N3O2. The minimum Gasteiger partial charge on any atom is -0.492 e. The Hall–Kier alpha value is -1.59. The topological polar surface area (TPSA) is 82.6 Å². The standard InChI is InChI=1S/C14H23N3O2/c1-2-17(8-3-10-18)9-11-19-13-6-4-12(5-7-13)14(15)16/h4-7,18H,2-3,8-11H2,1H3,(H3,15,16). The number of nitrogens with one attached hydrogen (secondary N) is 1. The first-order chi connectivity index (χ1) is 9.17. The first-order valence-electron chi connectivity index (χ1n) is 6.57. The Morgan fingerprint density at radius 1 is 1.32 bits per heavy atom. The third-order valence-electron chi connectivity index (χ3n) is 2.92. The summed E-state index contributed by atoms with van der Waals surface area (Å²) in [5.41, 5.74) is 6.08. The van der Waals surface area contributed by atoms with Crippen molar-refractivity contribution in [3.63, 3.8) is 0 Å². The molecule has 5 heteroatoms. The van der Waals surface area contributed by atoms with Crippen LogP contribution in [0.5, 0.6) is 5.75 Å². The normalized spacial score (nSPS) is 10.7. The highest BCUT2D eigenvalue weighted by Crippen LogP contribution is 2.11. The fraction of sp³-hybridized carbons (Fsp3) is 0.500. The lowest BCUT2D eigenvalue weighted by Gasteiger charge is -2.19. The molecule has 0 unspecified atom stereocenters. The average molecular weight is 265 g/mol. The van der Waals surface area contributed by atoms with Crippen LogP contribution in [0.4, 0.5) is 0 Å². The van der Waals surface area contributed by atoms with Gasteiger partial charge in [0, 0.05) is 25.3 Å². The van der Waals surface area contributed by atoms with Crippen molar-refractivity contribution in [2.45, 2.75) is 13.3 Å². The summed E-state index contributed by atoms with van der Waals surface area (Å²) in [6.45, 7) is 5.61. The van der Waals surface area contributed by atoms with Crippen molar-refractivity contribution in [1.82, 2.24) is 4.90 Å².